The van der Waals surface area contributed by atoms with Gasteiger partial charge < -0.3 is 10.6 Å². The number of nitrogens with one attached hydrogen (secondary N) is 2. The molecule has 2 atom stereocenters. The highest BCUT2D eigenvalue weighted by molar-refractivity contribution is 6.05. The second kappa shape index (κ2) is 8.38. The minimum Gasteiger partial charge on any atom is -0.379 e. The van der Waals surface area contributed by atoms with Gasteiger partial charge in [0.2, 0.25) is 0 Å². The molecular weight excluding hydrogens is 426 g/mol. The standard InChI is InChI=1S/C27H31N5O2/c1-16-5-12-23(27(16,2)3)31-24-21(26(34)28-4)14-29-32-15-19(13-22(24)32)17-6-8-18(9-7-17)25(33)30-20-10-11-20/h6-9,13-16,20,23,31H,4-5,10-12H2,1-3H3,(H,30,33)/t16?,23-/m1/s1. The Morgan fingerprint density at radius 1 is 1.12 bits per heavy atom. The molecule has 1 aromatic carbocycles. The second-order valence-electron chi connectivity index (χ2n) is 10.3. The maximum absolute atomic E-state index is 12.6. The van der Waals surface area contributed by atoms with Crippen LogP contribution < -0.4 is 10.6 Å². The molecule has 1 unspecified atom stereocenters. The molecule has 5 rings (SSSR count). The van der Waals surface area contributed by atoms with Crippen molar-refractivity contribution in [1.82, 2.24) is 14.9 Å². The summed E-state index contributed by atoms with van der Waals surface area (Å²) in [4.78, 5) is 28.6. The first-order valence-electron chi connectivity index (χ1n) is 12.0. The van der Waals surface area contributed by atoms with Crippen molar-refractivity contribution in [3.8, 4) is 11.1 Å². The van der Waals surface area contributed by atoms with E-state index in [1.807, 2.05) is 36.5 Å². The number of benzene rings is 1. The monoisotopic (exact) mass is 457 g/mol. The van der Waals surface area contributed by atoms with Crippen molar-refractivity contribution in [2.75, 3.05) is 5.32 Å². The predicted molar refractivity (Wildman–Crippen MR) is 135 cm³/mol. The van der Waals surface area contributed by atoms with Gasteiger partial charge in [-0.05, 0) is 67.5 Å². The first-order valence-corrected chi connectivity index (χ1v) is 12.0. The van der Waals surface area contributed by atoms with Crippen molar-refractivity contribution in [2.45, 2.75) is 58.5 Å². The van der Waals surface area contributed by atoms with E-state index in [0.717, 1.165) is 48.0 Å². The molecule has 7 heteroatoms. The SMILES string of the molecule is C=NC(=O)c1cnn2cc(-c3ccc(C(=O)NC4CC4)cc3)cc2c1N[C@@H]1CCC(C)C1(C)C. The van der Waals surface area contributed by atoms with E-state index >= 15 is 0 Å². The van der Waals surface area contributed by atoms with Gasteiger partial charge in [-0.2, -0.15) is 5.10 Å². The van der Waals surface area contributed by atoms with Gasteiger partial charge in [-0.3, -0.25) is 9.59 Å². The minimum atomic E-state index is -0.393. The second-order valence-corrected chi connectivity index (χ2v) is 10.3. The molecule has 0 aliphatic heterocycles. The van der Waals surface area contributed by atoms with E-state index in [1.54, 1.807) is 10.7 Å². The number of amides is 2. The summed E-state index contributed by atoms with van der Waals surface area (Å²) in [6, 6.07) is 10.2. The summed E-state index contributed by atoms with van der Waals surface area (Å²) < 4.78 is 1.79. The number of carbonyl (C=O) groups is 2. The summed E-state index contributed by atoms with van der Waals surface area (Å²) in [5, 5.41) is 11.2. The third kappa shape index (κ3) is 4.00. The van der Waals surface area contributed by atoms with Gasteiger partial charge >= 0.3 is 0 Å². The molecule has 2 aliphatic carbocycles. The number of carbonyl (C=O) groups excluding carboxylic acids is 2. The highest BCUT2D eigenvalue weighted by Crippen LogP contribution is 2.44. The van der Waals surface area contributed by atoms with Crippen LogP contribution in [-0.4, -0.2) is 40.2 Å². The van der Waals surface area contributed by atoms with Crippen LogP contribution in [0.25, 0.3) is 16.6 Å². The zero-order valence-corrected chi connectivity index (χ0v) is 20.0. The van der Waals surface area contributed by atoms with Crippen LogP contribution in [0.2, 0.25) is 0 Å². The van der Waals surface area contributed by atoms with E-state index in [9.17, 15) is 9.59 Å². The highest BCUT2D eigenvalue weighted by atomic mass is 16.2. The first kappa shape index (κ1) is 22.3. The van der Waals surface area contributed by atoms with Crippen molar-refractivity contribution in [3.63, 3.8) is 0 Å². The molecule has 2 fully saturated rings. The molecule has 0 radical (unpaired) electrons. The molecule has 176 valence electrons. The fourth-order valence-electron chi connectivity index (χ4n) is 4.86. The predicted octanol–water partition coefficient (Wildman–Crippen LogP) is 4.97. The van der Waals surface area contributed by atoms with E-state index in [0.29, 0.717) is 23.1 Å². The maximum Gasteiger partial charge on any atom is 0.280 e. The van der Waals surface area contributed by atoms with Gasteiger partial charge in [0, 0.05) is 29.4 Å². The summed E-state index contributed by atoms with van der Waals surface area (Å²) in [6.07, 6.45) is 7.81. The molecule has 2 aromatic heterocycles. The Balaban J connectivity index is 1.51. The third-order valence-corrected chi connectivity index (χ3v) is 7.78. The Hall–Kier alpha value is -3.48. The zero-order valence-electron chi connectivity index (χ0n) is 20.0. The van der Waals surface area contributed by atoms with Gasteiger partial charge in [0.05, 0.1) is 23.0 Å². The maximum atomic E-state index is 12.6. The fourth-order valence-corrected chi connectivity index (χ4v) is 4.86. The number of hydrogen-bond donors (Lipinski definition) is 2. The number of anilines is 1. The lowest BCUT2D eigenvalue weighted by molar-refractivity contribution is 0.0950. The van der Waals surface area contributed by atoms with Crippen LogP contribution in [0.3, 0.4) is 0 Å². The van der Waals surface area contributed by atoms with Gasteiger partial charge in [-0.1, -0.05) is 32.9 Å². The Morgan fingerprint density at radius 3 is 2.47 bits per heavy atom. The molecule has 0 saturated heterocycles. The van der Waals surface area contributed by atoms with Crippen molar-refractivity contribution in [3.05, 3.63) is 53.9 Å². The summed E-state index contributed by atoms with van der Waals surface area (Å²) in [7, 11) is 0. The Labute approximate surface area is 199 Å². The molecule has 2 amide bonds. The Kier molecular flexibility index (Phi) is 5.50. The smallest absolute Gasteiger partial charge is 0.280 e. The van der Waals surface area contributed by atoms with Crippen LogP contribution in [0.5, 0.6) is 0 Å². The van der Waals surface area contributed by atoms with Crippen molar-refractivity contribution < 1.29 is 9.59 Å². The molecule has 2 N–H and O–H groups in total. The number of rotatable bonds is 6. The molecule has 7 nitrogen and oxygen atoms in total. The Bertz CT molecular complexity index is 1270. The lowest BCUT2D eigenvalue weighted by Gasteiger charge is -2.33. The Morgan fingerprint density at radius 2 is 1.85 bits per heavy atom. The van der Waals surface area contributed by atoms with E-state index < -0.39 is 5.91 Å². The third-order valence-electron chi connectivity index (χ3n) is 7.78. The van der Waals surface area contributed by atoms with E-state index in [4.69, 9.17) is 0 Å². The lowest BCUT2D eigenvalue weighted by Crippen LogP contribution is -2.34. The summed E-state index contributed by atoms with van der Waals surface area (Å²) >= 11 is 0. The quantitative estimate of drug-likeness (QED) is 0.512. The minimum absolute atomic E-state index is 0.0299. The number of fused-ring (bicyclic) bond motifs is 1. The van der Waals surface area contributed by atoms with Crippen LogP contribution >= 0.6 is 0 Å². The van der Waals surface area contributed by atoms with Crippen molar-refractivity contribution in [2.24, 2.45) is 16.3 Å². The molecular formula is C27H31N5O2. The van der Waals surface area contributed by atoms with Crippen LogP contribution in [0.4, 0.5) is 5.69 Å². The average Bonchev–Trinajstić information content (AvgIpc) is 3.47. The topological polar surface area (TPSA) is 87.9 Å². The molecule has 2 heterocycles. The summed E-state index contributed by atoms with van der Waals surface area (Å²) in [5.74, 6) is 0.158. The van der Waals surface area contributed by atoms with Crippen LogP contribution in [0.15, 0.2) is 47.7 Å². The van der Waals surface area contributed by atoms with E-state index in [-0.39, 0.29) is 17.4 Å². The summed E-state index contributed by atoms with van der Waals surface area (Å²) in [6.45, 7) is 10.3. The highest BCUT2D eigenvalue weighted by Gasteiger charge is 2.41. The number of aromatic nitrogens is 2. The van der Waals surface area contributed by atoms with Gasteiger partial charge in [0.1, 0.15) is 0 Å². The zero-order chi connectivity index (χ0) is 24.0. The van der Waals surface area contributed by atoms with Crippen LogP contribution in [-0.2, 0) is 0 Å². The number of nitrogens with zero attached hydrogens (tertiary/aromatic N) is 3. The van der Waals surface area contributed by atoms with Crippen LogP contribution in [0.1, 0.15) is 67.2 Å². The fraction of sp³-hybridized carbons (Fsp3) is 0.407. The molecule has 2 aliphatic rings. The summed E-state index contributed by atoms with van der Waals surface area (Å²) in [5.41, 5.74) is 4.66. The molecule has 0 bridgehead atoms. The first-order chi connectivity index (χ1) is 16.3. The number of hydrogen-bond acceptors (Lipinski definition) is 4. The molecule has 34 heavy (non-hydrogen) atoms. The molecule has 2 saturated carbocycles. The van der Waals surface area contributed by atoms with E-state index in [2.05, 4.69) is 48.2 Å². The lowest BCUT2D eigenvalue weighted by atomic mass is 9.80. The molecule has 0 spiro atoms. The van der Waals surface area contributed by atoms with Crippen LogP contribution in [0, 0.1) is 11.3 Å². The van der Waals surface area contributed by atoms with Gasteiger partial charge in [0.15, 0.2) is 0 Å². The van der Waals surface area contributed by atoms with Gasteiger partial charge in [0.25, 0.3) is 11.8 Å². The van der Waals surface area contributed by atoms with Gasteiger partial charge in [-0.25, -0.2) is 9.51 Å². The van der Waals surface area contributed by atoms with Crippen molar-refractivity contribution in [1.29, 1.82) is 0 Å². The van der Waals surface area contributed by atoms with Crippen molar-refractivity contribution >= 4 is 29.7 Å². The van der Waals surface area contributed by atoms with Gasteiger partial charge in [-0.15, -0.1) is 0 Å². The average molecular weight is 458 g/mol. The largest absolute Gasteiger partial charge is 0.379 e. The van der Waals surface area contributed by atoms with E-state index in [1.165, 1.54) is 0 Å². The molecule has 3 aromatic rings. The number of aliphatic imine (C=N–C) groups is 1. The normalized spacial score (nSPS) is 21.4.